The Morgan fingerprint density at radius 3 is 2.59 bits per heavy atom. The lowest BCUT2D eigenvalue weighted by atomic mass is 9.97. The second kappa shape index (κ2) is 5.21. The molecule has 0 aromatic rings. The highest BCUT2D eigenvalue weighted by molar-refractivity contribution is 5.68. The van der Waals surface area contributed by atoms with Crippen LogP contribution in [0.15, 0.2) is 0 Å². The van der Waals surface area contributed by atoms with Gasteiger partial charge in [0.2, 0.25) is 0 Å². The van der Waals surface area contributed by atoms with Gasteiger partial charge in [0.25, 0.3) is 0 Å². The first-order chi connectivity index (χ1) is 7.76. The molecule has 1 unspecified atom stereocenters. The van der Waals surface area contributed by atoms with E-state index in [9.17, 15) is 14.3 Å². The second-order valence-corrected chi connectivity index (χ2v) is 5.68. The summed E-state index contributed by atoms with van der Waals surface area (Å²) in [6.07, 6.45) is 0.867. The fourth-order valence-electron chi connectivity index (χ4n) is 1.82. The highest BCUT2D eigenvalue weighted by atomic mass is 19.1. The standard InChI is InChI=1S/C12H22FNO3/c1-11(2,3)17-10(15)14-7-4-5-12(16,9-13)6-8-14/h16H,4-9H2,1-3H3. The topological polar surface area (TPSA) is 49.8 Å². The normalized spacial score (nSPS) is 26.5. The van der Waals surface area contributed by atoms with E-state index in [1.807, 2.05) is 0 Å². The molecule has 1 aliphatic rings. The molecular weight excluding hydrogens is 225 g/mol. The van der Waals surface area contributed by atoms with Crippen LogP contribution in [0.1, 0.15) is 40.0 Å². The highest BCUT2D eigenvalue weighted by Crippen LogP contribution is 2.23. The van der Waals surface area contributed by atoms with Gasteiger partial charge in [-0.2, -0.15) is 0 Å². The van der Waals surface area contributed by atoms with Gasteiger partial charge in [-0.15, -0.1) is 0 Å². The molecule has 1 fully saturated rings. The molecule has 1 atom stereocenters. The van der Waals surface area contributed by atoms with Crippen LogP contribution < -0.4 is 0 Å². The van der Waals surface area contributed by atoms with Gasteiger partial charge in [0, 0.05) is 13.1 Å². The molecule has 0 spiro atoms. The number of hydrogen-bond donors (Lipinski definition) is 1. The summed E-state index contributed by atoms with van der Waals surface area (Å²) in [5.41, 5.74) is -1.80. The van der Waals surface area contributed by atoms with Crippen molar-refractivity contribution in [2.24, 2.45) is 0 Å². The Hall–Kier alpha value is -0.840. The Morgan fingerprint density at radius 1 is 1.41 bits per heavy atom. The van der Waals surface area contributed by atoms with E-state index >= 15 is 0 Å². The summed E-state index contributed by atoms with van der Waals surface area (Å²) in [4.78, 5) is 13.3. The van der Waals surface area contributed by atoms with Crippen LogP contribution in [0.4, 0.5) is 9.18 Å². The van der Waals surface area contributed by atoms with E-state index in [4.69, 9.17) is 4.74 Å². The Bertz CT molecular complexity index is 277. The highest BCUT2D eigenvalue weighted by Gasteiger charge is 2.32. The quantitative estimate of drug-likeness (QED) is 0.772. The lowest BCUT2D eigenvalue weighted by Gasteiger charge is -2.27. The van der Waals surface area contributed by atoms with Crippen LogP contribution >= 0.6 is 0 Å². The van der Waals surface area contributed by atoms with Gasteiger partial charge in [-0.1, -0.05) is 0 Å². The van der Waals surface area contributed by atoms with Crippen LogP contribution in [-0.4, -0.2) is 47.1 Å². The fraction of sp³-hybridized carbons (Fsp3) is 0.917. The number of likely N-dealkylation sites (tertiary alicyclic amines) is 1. The predicted octanol–water partition coefficient (Wildman–Crippen LogP) is 2.11. The Morgan fingerprint density at radius 2 is 2.06 bits per heavy atom. The third kappa shape index (κ3) is 4.50. The van der Waals surface area contributed by atoms with Crippen molar-refractivity contribution < 1.29 is 19.0 Å². The van der Waals surface area contributed by atoms with Gasteiger partial charge in [0.05, 0.1) is 5.60 Å². The number of carbonyl (C=O) groups excluding carboxylic acids is 1. The number of aliphatic hydroxyl groups is 1. The molecule has 0 aromatic heterocycles. The van der Waals surface area contributed by atoms with E-state index in [1.165, 1.54) is 0 Å². The maximum Gasteiger partial charge on any atom is 0.410 e. The van der Waals surface area contributed by atoms with Gasteiger partial charge in [0.15, 0.2) is 0 Å². The SMILES string of the molecule is CC(C)(C)OC(=O)N1CCCC(O)(CF)CC1. The smallest absolute Gasteiger partial charge is 0.410 e. The van der Waals surface area contributed by atoms with Gasteiger partial charge in [-0.25, -0.2) is 9.18 Å². The molecule has 1 amide bonds. The summed E-state index contributed by atoms with van der Waals surface area (Å²) in [6.45, 7) is 5.52. The van der Waals surface area contributed by atoms with E-state index in [0.29, 0.717) is 25.9 Å². The van der Waals surface area contributed by atoms with E-state index in [0.717, 1.165) is 0 Å². The summed E-state index contributed by atoms with van der Waals surface area (Å²) >= 11 is 0. The van der Waals surface area contributed by atoms with E-state index < -0.39 is 17.9 Å². The molecule has 0 radical (unpaired) electrons. The zero-order valence-electron chi connectivity index (χ0n) is 10.8. The van der Waals surface area contributed by atoms with Crippen molar-refractivity contribution in [1.82, 2.24) is 4.90 Å². The molecule has 1 heterocycles. The van der Waals surface area contributed by atoms with Crippen LogP contribution in [0.25, 0.3) is 0 Å². The van der Waals surface area contributed by atoms with Gasteiger partial charge in [0.1, 0.15) is 12.3 Å². The molecule has 1 rings (SSSR count). The van der Waals surface area contributed by atoms with Crippen molar-refractivity contribution in [3.8, 4) is 0 Å². The number of alkyl halides is 1. The zero-order valence-corrected chi connectivity index (χ0v) is 10.8. The molecule has 1 aliphatic heterocycles. The minimum atomic E-state index is -1.27. The first-order valence-electron chi connectivity index (χ1n) is 6.02. The monoisotopic (exact) mass is 247 g/mol. The Balaban J connectivity index is 2.54. The van der Waals surface area contributed by atoms with Crippen molar-refractivity contribution in [2.75, 3.05) is 19.8 Å². The predicted molar refractivity (Wildman–Crippen MR) is 62.6 cm³/mol. The van der Waals surface area contributed by atoms with Crippen molar-refractivity contribution in [3.63, 3.8) is 0 Å². The lowest BCUT2D eigenvalue weighted by molar-refractivity contribution is -0.000788. The number of rotatable bonds is 1. The molecule has 1 N–H and O–H groups in total. The van der Waals surface area contributed by atoms with Gasteiger partial charge >= 0.3 is 6.09 Å². The molecule has 4 nitrogen and oxygen atoms in total. The van der Waals surface area contributed by atoms with Crippen LogP contribution in [0.2, 0.25) is 0 Å². The maximum absolute atomic E-state index is 12.7. The van der Waals surface area contributed by atoms with Crippen LogP contribution in [0, 0.1) is 0 Å². The van der Waals surface area contributed by atoms with E-state index in [1.54, 1.807) is 25.7 Å². The molecular formula is C12H22FNO3. The van der Waals surface area contributed by atoms with Crippen LogP contribution in [-0.2, 0) is 4.74 Å². The summed E-state index contributed by atoms with van der Waals surface area (Å²) in [7, 11) is 0. The molecule has 1 saturated heterocycles. The molecule has 100 valence electrons. The summed E-state index contributed by atoms with van der Waals surface area (Å²) < 4.78 is 17.9. The number of hydrogen-bond acceptors (Lipinski definition) is 3. The second-order valence-electron chi connectivity index (χ2n) is 5.68. The minimum absolute atomic E-state index is 0.267. The Labute approximate surface area is 102 Å². The number of halogens is 1. The maximum atomic E-state index is 12.7. The summed E-state index contributed by atoms with van der Waals surface area (Å²) in [6, 6.07) is 0. The number of nitrogens with zero attached hydrogens (tertiary/aromatic N) is 1. The molecule has 0 aliphatic carbocycles. The largest absolute Gasteiger partial charge is 0.444 e. The van der Waals surface area contributed by atoms with Gasteiger partial charge < -0.3 is 14.7 Å². The van der Waals surface area contributed by atoms with Crippen molar-refractivity contribution in [2.45, 2.75) is 51.2 Å². The minimum Gasteiger partial charge on any atom is -0.444 e. The Kier molecular flexibility index (Phi) is 4.36. The number of ether oxygens (including phenoxy) is 1. The first-order valence-corrected chi connectivity index (χ1v) is 6.02. The van der Waals surface area contributed by atoms with E-state index in [2.05, 4.69) is 0 Å². The van der Waals surface area contributed by atoms with Crippen molar-refractivity contribution in [1.29, 1.82) is 0 Å². The van der Waals surface area contributed by atoms with Crippen molar-refractivity contribution >= 4 is 6.09 Å². The molecule has 5 heteroatoms. The van der Waals surface area contributed by atoms with Gasteiger partial charge in [-0.05, 0) is 40.0 Å². The molecule has 0 bridgehead atoms. The van der Waals surface area contributed by atoms with Gasteiger partial charge in [-0.3, -0.25) is 0 Å². The van der Waals surface area contributed by atoms with Crippen LogP contribution in [0.3, 0.4) is 0 Å². The summed E-state index contributed by atoms with van der Waals surface area (Å²) in [5, 5.41) is 9.84. The third-order valence-corrected chi connectivity index (χ3v) is 2.82. The first kappa shape index (κ1) is 14.2. The molecule has 0 saturated carbocycles. The molecule has 0 aromatic carbocycles. The van der Waals surface area contributed by atoms with Crippen LogP contribution in [0.5, 0.6) is 0 Å². The number of carbonyl (C=O) groups is 1. The van der Waals surface area contributed by atoms with Crippen molar-refractivity contribution in [3.05, 3.63) is 0 Å². The fourth-order valence-corrected chi connectivity index (χ4v) is 1.82. The average Bonchev–Trinajstić information content (AvgIpc) is 2.39. The zero-order chi connectivity index (χ0) is 13.1. The third-order valence-electron chi connectivity index (χ3n) is 2.82. The molecule has 17 heavy (non-hydrogen) atoms. The van der Waals surface area contributed by atoms with E-state index in [-0.39, 0.29) is 12.5 Å². The number of amides is 1. The average molecular weight is 247 g/mol. The lowest BCUT2D eigenvalue weighted by Crippen LogP contribution is -2.38. The summed E-state index contributed by atoms with van der Waals surface area (Å²) in [5.74, 6) is 0.